The van der Waals surface area contributed by atoms with E-state index in [0.29, 0.717) is 30.4 Å². The lowest BCUT2D eigenvalue weighted by Gasteiger charge is -2.25. The molecule has 0 aliphatic carbocycles. The third-order valence-electron chi connectivity index (χ3n) is 5.25. The number of halogens is 2. The molecule has 0 aliphatic rings. The van der Waals surface area contributed by atoms with Crippen LogP contribution in [-0.2, 0) is 11.3 Å². The number of hydrogen-bond acceptors (Lipinski definition) is 5. The summed E-state index contributed by atoms with van der Waals surface area (Å²) in [5.41, 5.74) is 2.22. The summed E-state index contributed by atoms with van der Waals surface area (Å²) in [5.74, 6) is 0.214. The van der Waals surface area contributed by atoms with Gasteiger partial charge in [-0.3, -0.25) is 4.90 Å². The molecule has 3 rings (SSSR count). The molecule has 1 N–H and O–H groups in total. The molecule has 0 spiro atoms. The van der Waals surface area contributed by atoms with Crippen LogP contribution in [0.15, 0.2) is 48.5 Å². The highest BCUT2D eigenvalue weighted by molar-refractivity contribution is 5.43. The van der Waals surface area contributed by atoms with Crippen LogP contribution in [0.2, 0.25) is 0 Å². The van der Waals surface area contributed by atoms with Gasteiger partial charge in [-0.15, -0.1) is 0 Å². The van der Waals surface area contributed by atoms with Crippen LogP contribution in [0.5, 0.6) is 11.6 Å². The van der Waals surface area contributed by atoms with E-state index in [-0.39, 0.29) is 24.3 Å². The second-order valence-electron chi connectivity index (χ2n) is 8.58. The van der Waals surface area contributed by atoms with Crippen LogP contribution in [0.4, 0.5) is 8.78 Å². The molecule has 0 radical (unpaired) electrons. The third kappa shape index (κ3) is 7.09. The molecule has 3 aromatic rings. The lowest BCUT2D eigenvalue weighted by atomic mass is 10.2. The van der Waals surface area contributed by atoms with Crippen LogP contribution in [0.1, 0.15) is 38.4 Å². The highest BCUT2D eigenvalue weighted by Gasteiger charge is 2.22. The lowest BCUT2D eigenvalue weighted by molar-refractivity contribution is -0.00957. The minimum Gasteiger partial charge on any atom is -0.439 e. The van der Waals surface area contributed by atoms with E-state index in [1.807, 2.05) is 20.8 Å². The van der Waals surface area contributed by atoms with Crippen molar-refractivity contribution >= 4 is 0 Å². The van der Waals surface area contributed by atoms with Gasteiger partial charge < -0.3 is 14.6 Å². The van der Waals surface area contributed by atoms with E-state index >= 15 is 0 Å². The number of aryl methyl sites for hydroxylation is 1. The lowest BCUT2D eigenvalue weighted by Crippen LogP contribution is -2.35. The molecule has 0 saturated carbocycles. The summed E-state index contributed by atoms with van der Waals surface area (Å²) in [6, 6.07) is 11.7. The molecule has 1 aromatic heterocycles. The second-order valence-corrected chi connectivity index (χ2v) is 8.58. The summed E-state index contributed by atoms with van der Waals surface area (Å²) in [7, 11) is 0. The molecule has 34 heavy (non-hydrogen) atoms. The Morgan fingerprint density at radius 3 is 2.24 bits per heavy atom. The monoisotopic (exact) mass is 473 g/mol. The van der Waals surface area contributed by atoms with Crippen LogP contribution < -0.4 is 4.74 Å². The predicted octanol–water partition coefficient (Wildman–Crippen LogP) is 5.25. The number of aliphatic hydroxyl groups excluding tert-OH is 1. The smallest absolute Gasteiger partial charge is 0.227 e. The predicted molar refractivity (Wildman–Crippen MR) is 127 cm³/mol. The molecule has 8 heteroatoms. The third-order valence-corrected chi connectivity index (χ3v) is 5.25. The van der Waals surface area contributed by atoms with E-state index in [9.17, 15) is 13.9 Å². The highest BCUT2D eigenvalue weighted by atomic mass is 19.1. The Hall–Kier alpha value is -2.81. The van der Waals surface area contributed by atoms with E-state index in [1.165, 1.54) is 24.3 Å². The summed E-state index contributed by atoms with van der Waals surface area (Å²) in [5, 5.41) is 15.1. The van der Waals surface area contributed by atoms with E-state index in [4.69, 9.17) is 9.47 Å². The fourth-order valence-electron chi connectivity index (χ4n) is 3.63. The van der Waals surface area contributed by atoms with Crippen molar-refractivity contribution in [3.8, 4) is 17.3 Å². The zero-order valence-electron chi connectivity index (χ0n) is 20.2. The van der Waals surface area contributed by atoms with Crippen LogP contribution in [0, 0.1) is 18.6 Å². The normalized spacial score (nSPS) is 12.5. The Morgan fingerprint density at radius 2 is 1.65 bits per heavy atom. The van der Waals surface area contributed by atoms with Crippen molar-refractivity contribution in [1.29, 1.82) is 0 Å². The van der Waals surface area contributed by atoms with E-state index in [0.717, 1.165) is 24.2 Å². The van der Waals surface area contributed by atoms with Crippen molar-refractivity contribution in [3.05, 3.63) is 71.4 Å². The van der Waals surface area contributed by atoms with Gasteiger partial charge in [-0.05, 0) is 82.3 Å². The van der Waals surface area contributed by atoms with Crippen LogP contribution in [0.25, 0.3) is 5.69 Å². The number of benzene rings is 2. The number of aromatic nitrogens is 2. The van der Waals surface area contributed by atoms with Crippen molar-refractivity contribution in [2.45, 2.75) is 52.9 Å². The molecule has 0 amide bonds. The summed E-state index contributed by atoms with van der Waals surface area (Å²) >= 11 is 0. The first kappa shape index (κ1) is 25.8. The molecule has 184 valence electrons. The highest BCUT2D eigenvalue weighted by Crippen LogP contribution is 2.32. The second kappa shape index (κ2) is 12.1. The van der Waals surface area contributed by atoms with Gasteiger partial charge in [0.2, 0.25) is 5.88 Å². The Labute approximate surface area is 199 Å². The van der Waals surface area contributed by atoms with E-state index in [2.05, 4.69) is 16.9 Å². The first-order chi connectivity index (χ1) is 16.3. The fourth-order valence-corrected chi connectivity index (χ4v) is 3.63. The molecule has 1 heterocycles. The Bertz CT molecular complexity index is 1040. The van der Waals surface area contributed by atoms with Gasteiger partial charge in [-0.25, -0.2) is 13.5 Å². The Morgan fingerprint density at radius 1 is 1.03 bits per heavy atom. The van der Waals surface area contributed by atoms with Crippen LogP contribution in [0.3, 0.4) is 0 Å². The fraction of sp³-hybridized carbons (Fsp3) is 0.423. The minimum atomic E-state index is -0.636. The Balaban J connectivity index is 1.93. The average Bonchev–Trinajstić information content (AvgIpc) is 3.09. The molecule has 2 aromatic carbocycles. The molecule has 0 saturated heterocycles. The SMILES string of the molecule is CCCN(Cc1c(C)nn(-c2ccc(F)cc2)c1Oc1ccc(F)cc1)CC(O)COC(C)C. The van der Waals surface area contributed by atoms with E-state index in [1.54, 1.807) is 28.9 Å². The molecule has 1 atom stereocenters. The van der Waals surface area contributed by atoms with Gasteiger partial charge in [0.1, 0.15) is 17.4 Å². The molecule has 0 bridgehead atoms. The largest absolute Gasteiger partial charge is 0.439 e. The van der Waals surface area contributed by atoms with Gasteiger partial charge >= 0.3 is 0 Å². The zero-order chi connectivity index (χ0) is 24.7. The van der Waals surface area contributed by atoms with Crippen molar-refractivity contribution in [3.63, 3.8) is 0 Å². The van der Waals surface area contributed by atoms with Crippen molar-refractivity contribution in [2.24, 2.45) is 0 Å². The molecular weight excluding hydrogens is 440 g/mol. The topological polar surface area (TPSA) is 59.8 Å². The van der Waals surface area contributed by atoms with Gasteiger partial charge in [0, 0.05) is 13.1 Å². The van der Waals surface area contributed by atoms with Crippen molar-refractivity contribution in [2.75, 3.05) is 19.7 Å². The van der Waals surface area contributed by atoms with Crippen molar-refractivity contribution < 1.29 is 23.4 Å². The molecular formula is C26H33F2N3O3. The number of ether oxygens (including phenoxy) is 2. The van der Waals surface area contributed by atoms with Gasteiger partial charge in [0.15, 0.2) is 0 Å². The quantitative estimate of drug-likeness (QED) is 0.389. The number of hydrogen-bond donors (Lipinski definition) is 1. The average molecular weight is 474 g/mol. The number of aliphatic hydroxyl groups is 1. The molecule has 6 nitrogen and oxygen atoms in total. The summed E-state index contributed by atoms with van der Waals surface area (Å²) in [4.78, 5) is 2.13. The number of nitrogens with zero attached hydrogens (tertiary/aromatic N) is 3. The zero-order valence-corrected chi connectivity index (χ0v) is 20.2. The first-order valence-electron chi connectivity index (χ1n) is 11.6. The van der Waals surface area contributed by atoms with Crippen LogP contribution >= 0.6 is 0 Å². The maximum absolute atomic E-state index is 13.5. The summed E-state index contributed by atoms with van der Waals surface area (Å²) in [6.45, 7) is 9.75. The summed E-state index contributed by atoms with van der Waals surface area (Å²) in [6.07, 6.45) is 0.306. The van der Waals surface area contributed by atoms with Gasteiger partial charge in [0.25, 0.3) is 0 Å². The minimum absolute atomic E-state index is 0.0428. The molecule has 0 fully saturated rings. The maximum atomic E-state index is 13.5. The van der Waals surface area contributed by atoms with Crippen LogP contribution in [-0.4, -0.2) is 51.7 Å². The maximum Gasteiger partial charge on any atom is 0.227 e. The summed E-state index contributed by atoms with van der Waals surface area (Å²) < 4.78 is 40.3. The standard InChI is InChI=1S/C26H33F2N3O3/c1-5-14-30(15-23(32)17-33-18(2)3)16-25-19(4)29-31(22-10-6-20(27)7-11-22)26(25)34-24-12-8-21(28)9-13-24/h6-13,18,23,32H,5,14-17H2,1-4H3. The van der Waals surface area contributed by atoms with Gasteiger partial charge in [-0.1, -0.05) is 6.92 Å². The van der Waals surface area contributed by atoms with E-state index < -0.39 is 6.10 Å². The van der Waals surface area contributed by atoms with Crippen molar-refractivity contribution in [1.82, 2.24) is 14.7 Å². The first-order valence-corrected chi connectivity index (χ1v) is 11.6. The molecule has 0 aliphatic heterocycles. The van der Waals surface area contributed by atoms with Gasteiger partial charge in [-0.2, -0.15) is 5.10 Å². The number of rotatable bonds is 12. The molecule has 1 unspecified atom stereocenters. The van der Waals surface area contributed by atoms with Gasteiger partial charge in [0.05, 0.1) is 35.8 Å². The Kier molecular flexibility index (Phi) is 9.15.